The van der Waals surface area contributed by atoms with E-state index in [-0.39, 0.29) is 17.2 Å². The fourth-order valence-corrected chi connectivity index (χ4v) is 7.74. The molecule has 1 saturated heterocycles. The third-order valence-corrected chi connectivity index (χ3v) is 11.2. The van der Waals surface area contributed by atoms with Crippen molar-refractivity contribution in [2.75, 3.05) is 12.4 Å². The Labute approximate surface area is 368 Å². The highest BCUT2D eigenvalue weighted by Crippen LogP contribution is 2.35. The van der Waals surface area contributed by atoms with Gasteiger partial charge in [-0.05, 0) is 57.7 Å². The summed E-state index contributed by atoms with van der Waals surface area (Å²) in [6, 6.07) is 43.5. The summed E-state index contributed by atoms with van der Waals surface area (Å²) in [5.41, 5.74) is 3.34. The molecule has 63 heavy (non-hydrogen) atoms. The van der Waals surface area contributed by atoms with Crippen molar-refractivity contribution in [2.24, 2.45) is 7.05 Å². The number of ketones is 1. The first-order valence-electron chi connectivity index (χ1n) is 20.1. The number of carbonyl (C=O) groups excluding carboxylic acids is 5. The van der Waals surface area contributed by atoms with E-state index in [1.807, 2.05) is 121 Å². The molecule has 1 aliphatic heterocycles. The second-order valence-corrected chi connectivity index (χ2v) is 15.7. The number of rotatable bonds is 18. The highest BCUT2D eigenvalue weighted by Gasteiger charge is 2.54. The SMILES string of the molecule is CC(C)=C(C(=O)OC(c1ccccc1)c1ccccc1)N1C(=O)[C@H](NC(=O)C(C(=O)OC(c2ccccc2)c2ccccc2)c2ccccc2)[C@@H]1OCC(=O)CSc1nnnn1C. The molecule has 1 aromatic heterocycles. The molecular formula is C48H44N6O8S. The third-order valence-electron chi connectivity index (χ3n) is 10.1. The maximum absolute atomic E-state index is 14.5. The van der Waals surface area contributed by atoms with Crippen LogP contribution < -0.4 is 5.32 Å². The van der Waals surface area contributed by atoms with Gasteiger partial charge in [0, 0.05) is 7.05 Å². The van der Waals surface area contributed by atoms with E-state index in [4.69, 9.17) is 14.2 Å². The first-order valence-corrected chi connectivity index (χ1v) is 21.0. The zero-order valence-electron chi connectivity index (χ0n) is 34.6. The summed E-state index contributed by atoms with van der Waals surface area (Å²) in [5, 5.41) is 14.4. The van der Waals surface area contributed by atoms with Crippen LogP contribution in [0.2, 0.25) is 0 Å². The second-order valence-electron chi connectivity index (χ2n) is 14.7. The Bertz CT molecular complexity index is 2480. The molecule has 6 aromatic rings. The van der Waals surface area contributed by atoms with Crippen molar-refractivity contribution in [2.45, 2.75) is 49.4 Å². The van der Waals surface area contributed by atoms with E-state index in [2.05, 4.69) is 20.8 Å². The number of nitrogens with zero attached hydrogens (tertiary/aromatic N) is 5. The number of carbonyl (C=O) groups is 5. The van der Waals surface area contributed by atoms with Crippen molar-refractivity contribution < 1.29 is 38.2 Å². The van der Waals surface area contributed by atoms with E-state index < -0.39 is 60.8 Å². The number of allylic oxidation sites excluding steroid dienone is 1. The van der Waals surface area contributed by atoms with Crippen LogP contribution in [0.3, 0.4) is 0 Å². The van der Waals surface area contributed by atoms with Gasteiger partial charge in [0.15, 0.2) is 36.2 Å². The zero-order valence-corrected chi connectivity index (χ0v) is 35.5. The smallest absolute Gasteiger partial charge is 0.356 e. The number of β-lactam (4-membered cyclic amide) rings is 1. The van der Waals surface area contributed by atoms with Gasteiger partial charge >= 0.3 is 11.9 Å². The van der Waals surface area contributed by atoms with Gasteiger partial charge < -0.3 is 19.5 Å². The highest BCUT2D eigenvalue weighted by atomic mass is 32.2. The van der Waals surface area contributed by atoms with Crippen LogP contribution in [0.25, 0.3) is 0 Å². The Balaban J connectivity index is 1.17. The summed E-state index contributed by atoms with van der Waals surface area (Å²) in [6.45, 7) is 2.77. The van der Waals surface area contributed by atoms with E-state index in [0.29, 0.717) is 38.5 Å². The average Bonchev–Trinajstić information content (AvgIpc) is 3.73. The molecule has 1 aliphatic rings. The standard InChI is InChI=1S/C48H44N6O8S/c1-31(2)40(47(59)62-42(35-25-15-7-16-26-35)36-27-17-8-18-28-36)54-44(57)39(45(54)60-29-37(55)30-63-48-50-51-52-53(48)3)49-43(56)38(32-19-9-4-10-20-32)46(58)61-41(33-21-11-5-12-22-33)34-23-13-6-14-24-34/h4-28,38-39,41-42,45H,29-30H2,1-3H3,(H,49,56)/t38?,39-,45-/m0/s1. The summed E-state index contributed by atoms with van der Waals surface area (Å²) in [5.74, 6) is -5.29. The monoisotopic (exact) mass is 864 g/mol. The lowest BCUT2D eigenvalue weighted by molar-refractivity contribution is -0.184. The number of tetrazole rings is 1. The van der Waals surface area contributed by atoms with Crippen molar-refractivity contribution in [1.29, 1.82) is 0 Å². The van der Waals surface area contributed by atoms with Gasteiger partial charge in [0.1, 0.15) is 12.3 Å². The quantitative estimate of drug-likeness (QED) is 0.0338. The number of aryl methyl sites for hydroxylation is 1. The van der Waals surface area contributed by atoms with Crippen molar-refractivity contribution in [1.82, 2.24) is 30.4 Å². The second kappa shape index (κ2) is 20.6. The van der Waals surface area contributed by atoms with Gasteiger partial charge in [-0.3, -0.25) is 24.1 Å². The van der Waals surface area contributed by atoms with E-state index in [1.54, 1.807) is 51.2 Å². The maximum Gasteiger partial charge on any atom is 0.356 e. The summed E-state index contributed by atoms with van der Waals surface area (Å²) >= 11 is 1.09. The number of ether oxygens (including phenoxy) is 3. The Morgan fingerprint density at radius 1 is 0.683 bits per heavy atom. The third kappa shape index (κ3) is 10.5. The van der Waals surface area contributed by atoms with Crippen LogP contribution in [-0.4, -0.2) is 79.3 Å². The number of benzene rings is 5. The van der Waals surface area contributed by atoms with Crippen LogP contribution in [0.15, 0.2) is 168 Å². The topological polar surface area (TPSA) is 172 Å². The van der Waals surface area contributed by atoms with Crippen LogP contribution in [0.1, 0.15) is 59.8 Å². The number of amides is 2. The Hall–Kier alpha value is -7.23. The lowest BCUT2D eigenvalue weighted by Crippen LogP contribution is -2.72. The molecule has 3 atom stereocenters. The summed E-state index contributed by atoms with van der Waals surface area (Å²) < 4.78 is 19.9. The fraction of sp³-hybridized carbons (Fsp3) is 0.208. The first-order chi connectivity index (χ1) is 30.6. The molecule has 2 heterocycles. The number of likely N-dealkylation sites (tertiary alicyclic amines) is 1. The lowest BCUT2D eigenvalue weighted by atomic mass is 9.95. The molecule has 0 bridgehead atoms. The Morgan fingerprint density at radius 2 is 1.14 bits per heavy atom. The molecule has 5 aromatic carbocycles. The lowest BCUT2D eigenvalue weighted by Gasteiger charge is -2.47. The van der Waals surface area contributed by atoms with Gasteiger partial charge in [-0.15, -0.1) is 5.10 Å². The number of aromatic nitrogens is 4. The van der Waals surface area contributed by atoms with Gasteiger partial charge in [-0.25, -0.2) is 9.48 Å². The number of thioether (sulfide) groups is 1. The minimum atomic E-state index is -1.54. The van der Waals surface area contributed by atoms with Gasteiger partial charge in [0.05, 0.1) is 5.75 Å². The molecular weight excluding hydrogens is 821 g/mol. The number of hydrogen-bond donors (Lipinski definition) is 1. The zero-order chi connectivity index (χ0) is 44.3. The molecule has 0 aliphatic carbocycles. The van der Waals surface area contributed by atoms with E-state index in [9.17, 15) is 24.0 Å². The normalized spacial score (nSPS) is 15.0. The van der Waals surface area contributed by atoms with Crippen LogP contribution >= 0.6 is 11.8 Å². The van der Waals surface area contributed by atoms with Crippen LogP contribution in [0, 0.1) is 0 Å². The predicted octanol–water partition coefficient (Wildman–Crippen LogP) is 6.28. The molecule has 2 amide bonds. The molecule has 0 saturated carbocycles. The number of esters is 2. The van der Waals surface area contributed by atoms with Crippen molar-refractivity contribution >= 4 is 41.3 Å². The number of Topliss-reactive ketones (excluding diaryl/α,β-unsaturated/α-hetero) is 1. The molecule has 1 unspecified atom stereocenters. The van der Waals surface area contributed by atoms with E-state index in [1.165, 1.54) is 4.68 Å². The largest absolute Gasteiger partial charge is 0.452 e. The summed E-state index contributed by atoms with van der Waals surface area (Å²) in [6.07, 6.45) is -3.08. The molecule has 7 rings (SSSR count). The first kappa shape index (κ1) is 43.8. The Morgan fingerprint density at radius 3 is 1.59 bits per heavy atom. The van der Waals surface area contributed by atoms with Crippen molar-refractivity contribution in [3.8, 4) is 0 Å². The van der Waals surface area contributed by atoms with Gasteiger partial charge in [-0.2, -0.15) is 0 Å². The molecule has 0 spiro atoms. The van der Waals surface area contributed by atoms with Gasteiger partial charge in [0.2, 0.25) is 11.1 Å². The minimum Gasteiger partial charge on any atom is -0.452 e. The van der Waals surface area contributed by atoms with E-state index >= 15 is 0 Å². The van der Waals surface area contributed by atoms with Crippen molar-refractivity contribution in [3.63, 3.8) is 0 Å². The summed E-state index contributed by atoms with van der Waals surface area (Å²) in [4.78, 5) is 71.9. The Kier molecular flexibility index (Phi) is 14.3. The molecule has 15 heteroatoms. The van der Waals surface area contributed by atoms with Gasteiger partial charge in [0.25, 0.3) is 5.91 Å². The fourth-order valence-electron chi connectivity index (χ4n) is 7.05. The van der Waals surface area contributed by atoms with Crippen LogP contribution in [0.4, 0.5) is 0 Å². The minimum absolute atomic E-state index is 0.0782. The van der Waals surface area contributed by atoms with Crippen molar-refractivity contribution in [3.05, 3.63) is 191 Å². The number of hydrogen-bond acceptors (Lipinski definition) is 12. The van der Waals surface area contributed by atoms with Crippen LogP contribution in [0.5, 0.6) is 0 Å². The molecule has 1 N–H and O–H groups in total. The predicted molar refractivity (Wildman–Crippen MR) is 232 cm³/mol. The molecule has 1 fully saturated rings. The highest BCUT2D eigenvalue weighted by molar-refractivity contribution is 7.99. The summed E-state index contributed by atoms with van der Waals surface area (Å²) in [7, 11) is 1.64. The number of nitrogens with one attached hydrogen (secondary N) is 1. The van der Waals surface area contributed by atoms with Crippen LogP contribution in [-0.2, 0) is 45.2 Å². The molecule has 320 valence electrons. The van der Waals surface area contributed by atoms with E-state index in [0.717, 1.165) is 16.7 Å². The average molecular weight is 865 g/mol. The molecule has 0 radical (unpaired) electrons. The molecule has 14 nitrogen and oxygen atoms in total. The maximum atomic E-state index is 14.5. The van der Waals surface area contributed by atoms with Gasteiger partial charge in [-0.1, -0.05) is 163 Å².